The van der Waals surface area contributed by atoms with E-state index in [0.29, 0.717) is 5.56 Å². The Balaban J connectivity index is 1.85. The number of phenols is 3. The normalized spacial score (nSPS) is 26.1. The fourth-order valence-corrected chi connectivity index (χ4v) is 3.39. The molecule has 0 saturated carbocycles. The molecule has 0 amide bonds. The molecule has 0 unspecified atom stereocenters. The quantitative estimate of drug-likeness (QED) is 0.348. The molecule has 5 atom stereocenters. The summed E-state index contributed by atoms with van der Waals surface area (Å²) < 4.78 is 16.7. The van der Waals surface area contributed by atoms with Gasteiger partial charge in [-0.1, -0.05) is 0 Å². The molecule has 6 N–H and O–H groups in total. The number of aliphatic hydroxyl groups excluding tert-OH is 3. The first-order valence-corrected chi connectivity index (χ1v) is 9.36. The summed E-state index contributed by atoms with van der Waals surface area (Å²) >= 11 is 0. The number of ether oxygens (including phenoxy) is 2. The first-order valence-electron chi connectivity index (χ1n) is 9.36. The summed E-state index contributed by atoms with van der Waals surface area (Å²) in [7, 11) is 0. The van der Waals surface area contributed by atoms with Crippen LogP contribution in [0.1, 0.15) is 6.92 Å². The van der Waals surface area contributed by atoms with Crippen molar-refractivity contribution in [2.24, 2.45) is 0 Å². The number of benzene rings is 2. The SMILES string of the molecule is C[C@@H]1O[C@H](Oc2c(O)cc(O)c3c(=O)cc(-c4ccc(O)cc4)oc23)[C@@H](O)[C@H](O)[C@@H]1O. The van der Waals surface area contributed by atoms with Crippen molar-refractivity contribution in [1.82, 2.24) is 0 Å². The number of hydrogen-bond acceptors (Lipinski definition) is 10. The molecule has 1 saturated heterocycles. The van der Waals surface area contributed by atoms with Gasteiger partial charge >= 0.3 is 0 Å². The average molecular weight is 432 g/mol. The summed E-state index contributed by atoms with van der Waals surface area (Å²) in [5.74, 6) is -1.52. The van der Waals surface area contributed by atoms with E-state index in [2.05, 4.69) is 0 Å². The highest BCUT2D eigenvalue weighted by Crippen LogP contribution is 2.42. The van der Waals surface area contributed by atoms with Crippen LogP contribution in [0.4, 0.5) is 0 Å². The lowest BCUT2D eigenvalue weighted by atomic mass is 10.00. The number of hydrogen-bond donors (Lipinski definition) is 6. The lowest BCUT2D eigenvalue weighted by Crippen LogP contribution is -2.58. The zero-order valence-corrected chi connectivity index (χ0v) is 16.2. The van der Waals surface area contributed by atoms with Crippen molar-refractivity contribution in [1.29, 1.82) is 0 Å². The predicted octanol–water partition coefficient (Wildman–Crippen LogP) is 0.783. The molecule has 164 valence electrons. The van der Waals surface area contributed by atoms with E-state index >= 15 is 0 Å². The molecule has 0 aliphatic carbocycles. The highest BCUT2D eigenvalue weighted by molar-refractivity contribution is 5.91. The Morgan fingerprint density at radius 2 is 1.58 bits per heavy atom. The van der Waals surface area contributed by atoms with E-state index in [1.165, 1.54) is 31.2 Å². The number of aliphatic hydroxyl groups is 3. The highest BCUT2D eigenvalue weighted by atomic mass is 16.7. The maximum Gasteiger partial charge on any atom is 0.229 e. The summed E-state index contributed by atoms with van der Waals surface area (Å²) in [6.07, 6.45) is -7.05. The minimum atomic E-state index is -1.68. The molecule has 0 bridgehead atoms. The number of fused-ring (bicyclic) bond motifs is 1. The summed E-state index contributed by atoms with van der Waals surface area (Å²) in [4.78, 5) is 12.7. The second-order valence-electron chi connectivity index (χ2n) is 7.27. The van der Waals surface area contributed by atoms with Crippen LogP contribution in [-0.2, 0) is 4.74 Å². The van der Waals surface area contributed by atoms with Gasteiger partial charge in [0.15, 0.2) is 16.8 Å². The van der Waals surface area contributed by atoms with Gasteiger partial charge in [0.1, 0.15) is 41.0 Å². The lowest BCUT2D eigenvalue weighted by molar-refractivity contribution is -0.268. The predicted molar refractivity (Wildman–Crippen MR) is 106 cm³/mol. The summed E-state index contributed by atoms with van der Waals surface area (Å²) in [5, 5.41) is 59.7. The molecule has 1 aliphatic heterocycles. The zero-order valence-electron chi connectivity index (χ0n) is 16.2. The molecule has 3 aromatic rings. The molecular weight excluding hydrogens is 412 g/mol. The molecule has 1 aliphatic rings. The third kappa shape index (κ3) is 3.66. The molecule has 2 heterocycles. The van der Waals surface area contributed by atoms with Crippen LogP contribution in [0.15, 0.2) is 45.6 Å². The van der Waals surface area contributed by atoms with Crippen molar-refractivity contribution >= 4 is 11.0 Å². The van der Waals surface area contributed by atoms with Crippen molar-refractivity contribution in [2.45, 2.75) is 37.6 Å². The summed E-state index contributed by atoms with van der Waals surface area (Å²) in [6, 6.07) is 7.77. The topological polar surface area (TPSA) is 170 Å². The maximum atomic E-state index is 12.7. The first kappa shape index (κ1) is 20.9. The smallest absolute Gasteiger partial charge is 0.229 e. The van der Waals surface area contributed by atoms with Crippen LogP contribution in [0.5, 0.6) is 23.0 Å². The molecule has 4 rings (SSSR count). The van der Waals surface area contributed by atoms with Crippen molar-refractivity contribution < 1.29 is 44.5 Å². The summed E-state index contributed by atoms with van der Waals surface area (Å²) in [5.41, 5.74) is -0.538. The van der Waals surface area contributed by atoms with Crippen molar-refractivity contribution in [3.8, 4) is 34.3 Å². The van der Waals surface area contributed by atoms with Gasteiger partial charge in [0.2, 0.25) is 12.0 Å². The van der Waals surface area contributed by atoms with Gasteiger partial charge in [-0.15, -0.1) is 0 Å². The number of aromatic hydroxyl groups is 3. The van der Waals surface area contributed by atoms with Crippen molar-refractivity contribution in [3.63, 3.8) is 0 Å². The van der Waals surface area contributed by atoms with Gasteiger partial charge in [-0.3, -0.25) is 4.79 Å². The largest absolute Gasteiger partial charge is 0.508 e. The molecule has 10 heteroatoms. The first-order chi connectivity index (χ1) is 14.7. The molecular formula is C21H20O10. The third-order valence-corrected chi connectivity index (χ3v) is 5.11. The molecule has 10 nitrogen and oxygen atoms in total. The van der Waals surface area contributed by atoms with E-state index < -0.39 is 53.4 Å². The molecule has 1 fully saturated rings. The zero-order chi connectivity index (χ0) is 22.4. The van der Waals surface area contributed by atoms with E-state index in [4.69, 9.17) is 13.9 Å². The number of rotatable bonds is 3. The van der Waals surface area contributed by atoms with Gasteiger partial charge in [-0.2, -0.15) is 0 Å². The Kier molecular flexibility index (Phi) is 5.23. The van der Waals surface area contributed by atoms with Crippen LogP contribution >= 0.6 is 0 Å². The second-order valence-corrected chi connectivity index (χ2v) is 7.27. The summed E-state index contributed by atoms with van der Waals surface area (Å²) in [6.45, 7) is 1.45. The van der Waals surface area contributed by atoms with Crippen LogP contribution in [-0.4, -0.2) is 61.3 Å². The van der Waals surface area contributed by atoms with E-state index in [1.807, 2.05) is 0 Å². The molecule has 1 aromatic heterocycles. The van der Waals surface area contributed by atoms with Gasteiger partial charge in [0.05, 0.1) is 6.10 Å². The lowest BCUT2D eigenvalue weighted by Gasteiger charge is -2.38. The average Bonchev–Trinajstić information content (AvgIpc) is 2.72. The van der Waals surface area contributed by atoms with E-state index in [-0.39, 0.29) is 22.5 Å². The third-order valence-electron chi connectivity index (χ3n) is 5.11. The Morgan fingerprint density at radius 1 is 0.903 bits per heavy atom. The van der Waals surface area contributed by atoms with Gasteiger partial charge < -0.3 is 44.5 Å². The van der Waals surface area contributed by atoms with Crippen molar-refractivity contribution in [2.75, 3.05) is 0 Å². The Labute approximate surface area is 174 Å². The van der Waals surface area contributed by atoms with Gasteiger partial charge in [-0.25, -0.2) is 0 Å². The standard InChI is InChI=1S/C21H20O10/c1-8-16(26)17(27)18(28)21(29-8)31-19-13(25)6-11(23)15-12(24)7-14(30-20(15)19)9-2-4-10(22)5-3-9/h2-8,16-18,21-23,25-28H,1H3/t8-,16+,17+,18-,21+/m0/s1. The Morgan fingerprint density at radius 3 is 2.26 bits per heavy atom. The maximum absolute atomic E-state index is 12.7. The minimum Gasteiger partial charge on any atom is -0.508 e. The van der Waals surface area contributed by atoms with E-state index in [9.17, 15) is 35.4 Å². The number of phenolic OH excluding ortho intramolecular Hbond substituents is 3. The minimum absolute atomic E-state index is 0.00416. The van der Waals surface area contributed by atoms with Gasteiger partial charge in [0, 0.05) is 17.7 Å². The van der Waals surface area contributed by atoms with Crippen LogP contribution in [0.3, 0.4) is 0 Å². The van der Waals surface area contributed by atoms with E-state index in [1.54, 1.807) is 0 Å². The Bertz CT molecular complexity index is 1170. The van der Waals surface area contributed by atoms with Crippen LogP contribution < -0.4 is 10.2 Å². The second kappa shape index (κ2) is 7.75. The van der Waals surface area contributed by atoms with Crippen LogP contribution in [0.2, 0.25) is 0 Å². The molecule has 0 spiro atoms. The Hall–Kier alpha value is -3.31. The van der Waals surface area contributed by atoms with Crippen LogP contribution in [0.25, 0.3) is 22.3 Å². The van der Waals surface area contributed by atoms with Crippen molar-refractivity contribution in [3.05, 3.63) is 46.6 Å². The fourth-order valence-electron chi connectivity index (χ4n) is 3.39. The van der Waals surface area contributed by atoms with Gasteiger partial charge in [0.25, 0.3) is 0 Å². The fraction of sp³-hybridized carbons (Fsp3) is 0.286. The van der Waals surface area contributed by atoms with E-state index in [0.717, 1.165) is 12.1 Å². The molecule has 31 heavy (non-hydrogen) atoms. The molecule has 2 aromatic carbocycles. The highest BCUT2D eigenvalue weighted by Gasteiger charge is 2.43. The van der Waals surface area contributed by atoms with Crippen LogP contribution in [0, 0.1) is 0 Å². The molecule has 0 radical (unpaired) electrons. The van der Waals surface area contributed by atoms with Gasteiger partial charge in [-0.05, 0) is 31.2 Å². The monoisotopic (exact) mass is 432 g/mol.